The lowest BCUT2D eigenvalue weighted by atomic mass is 9.98. The molecule has 12 heteroatoms. The molecule has 0 amide bonds. The summed E-state index contributed by atoms with van der Waals surface area (Å²) < 4.78 is 22.8. The van der Waals surface area contributed by atoms with E-state index in [2.05, 4.69) is 0 Å². The van der Waals surface area contributed by atoms with Gasteiger partial charge in [-0.05, 0) is 83.1 Å². The van der Waals surface area contributed by atoms with E-state index < -0.39 is 84.8 Å². The summed E-state index contributed by atoms with van der Waals surface area (Å²) >= 11 is 0. The van der Waals surface area contributed by atoms with Gasteiger partial charge in [-0.3, -0.25) is 0 Å². The molecule has 0 aromatic heterocycles. The van der Waals surface area contributed by atoms with Gasteiger partial charge in [0.1, 0.15) is 48.8 Å². The van der Waals surface area contributed by atoms with Gasteiger partial charge in [-0.2, -0.15) is 0 Å². The van der Waals surface area contributed by atoms with E-state index in [4.69, 9.17) is 18.9 Å². The minimum absolute atomic E-state index is 0.754. The molecule has 0 bridgehead atoms. The first-order valence-electron chi connectivity index (χ1n) is 21.7. The SMILES string of the molecule is CC(/C=C/C=C(C)/C=C/C=C(C)/C=C/[C@@H](OC1OC(C)C(O)C(O)C1O)C(C)(C)O)=C\C=C\C=C(C)\C=C\C=C(C)\C=C\C=C(C)\C=C\[C@@H](OC1OC(C)C(O)C(O)C1O)C(C)(C)O. The van der Waals surface area contributed by atoms with E-state index in [1.807, 2.05) is 139 Å². The van der Waals surface area contributed by atoms with Crippen molar-refractivity contribution >= 4 is 0 Å². The molecule has 2 aliphatic rings. The fourth-order valence-corrected chi connectivity index (χ4v) is 6.07. The molecule has 356 valence electrons. The van der Waals surface area contributed by atoms with Crippen molar-refractivity contribution in [1.82, 2.24) is 0 Å². The maximum atomic E-state index is 10.7. The van der Waals surface area contributed by atoms with Crippen LogP contribution in [0.2, 0.25) is 0 Å². The Morgan fingerprint density at radius 1 is 0.406 bits per heavy atom. The number of allylic oxidation sites excluding steroid dienone is 24. The van der Waals surface area contributed by atoms with Crippen LogP contribution in [0.25, 0.3) is 0 Å². The van der Waals surface area contributed by atoms with Gasteiger partial charge in [-0.15, -0.1) is 0 Å². The summed E-state index contributed by atoms with van der Waals surface area (Å²) in [5.41, 5.74) is 3.42. The lowest BCUT2D eigenvalue weighted by Gasteiger charge is -2.41. The highest BCUT2D eigenvalue weighted by molar-refractivity contribution is 5.34. The summed E-state index contributed by atoms with van der Waals surface area (Å²) in [6.07, 6.45) is 24.7. The van der Waals surface area contributed by atoms with Crippen molar-refractivity contribution in [3.8, 4) is 0 Å². The van der Waals surface area contributed by atoms with Crippen molar-refractivity contribution in [2.75, 3.05) is 0 Å². The van der Waals surface area contributed by atoms with Gasteiger partial charge in [0.15, 0.2) is 12.6 Å². The maximum Gasteiger partial charge on any atom is 0.187 e. The van der Waals surface area contributed by atoms with Crippen molar-refractivity contribution in [2.45, 2.75) is 168 Å². The second kappa shape index (κ2) is 26.9. The highest BCUT2D eigenvalue weighted by Crippen LogP contribution is 2.28. The number of aliphatic hydroxyl groups is 8. The number of aliphatic hydroxyl groups excluding tert-OH is 6. The van der Waals surface area contributed by atoms with Crippen LogP contribution in [0.4, 0.5) is 0 Å². The molecule has 2 aliphatic heterocycles. The molecule has 0 aromatic carbocycles. The fourth-order valence-electron chi connectivity index (χ4n) is 6.07. The van der Waals surface area contributed by atoms with Crippen molar-refractivity contribution in [3.63, 3.8) is 0 Å². The van der Waals surface area contributed by atoms with Crippen LogP contribution in [0.1, 0.15) is 83.1 Å². The van der Waals surface area contributed by atoms with Crippen molar-refractivity contribution in [1.29, 1.82) is 0 Å². The maximum absolute atomic E-state index is 10.7. The minimum atomic E-state index is -1.47. The standard InChI is InChI=1S/C52H76O12/c1-33(21-15-23-35(3)25-17-27-37(5)29-31-41(51(9,10)59)63-49-47(57)45(55)43(53)39(7)61-49)19-13-14-20-34(2)22-16-24-36(4)26-18-28-38(6)30-32-42(52(11,12)60)64-50-48(58)46(56)44(54)40(8)62-50/h13-32,39-50,53-60H,1-12H3/b14-13+,21-15+,22-16+,25-17+,26-18+,31-29+,32-30+,33-19+,34-20+,35-23+,36-24+,37-27+,38-28+/t39?,40?,41-,42-,43?,44?,45?,46?,47?,48?,49?,50?/m1/s1. The lowest BCUT2D eigenvalue weighted by molar-refractivity contribution is -0.309. The zero-order valence-electron chi connectivity index (χ0n) is 39.7. The fraction of sp³-hybridized carbons (Fsp3) is 0.500. The molecule has 12 atom stereocenters. The van der Waals surface area contributed by atoms with E-state index in [9.17, 15) is 40.9 Å². The van der Waals surface area contributed by atoms with E-state index in [0.29, 0.717) is 0 Å². The first-order valence-corrected chi connectivity index (χ1v) is 21.7. The summed E-state index contributed by atoms with van der Waals surface area (Å²) in [5, 5.41) is 82.2. The van der Waals surface area contributed by atoms with Crippen molar-refractivity contribution in [3.05, 3.63) is 155 Å². The average Bonchev–Trinajstić information content (AvgIpc) is 3.20. The Balaban J connectivity index is 1.89. The van der Waals surface area contributed by atoms with Gasteiger partial charge in [0.2, 0.25) is 0 Å². The van der Waals surface area contributed by atoms with E-state index in [1.165, 1.54) is 0 Å². The molecule has 0 radical (unpaired) electrons. The molecule has 2 saturated heterocycles. The van der Waals surface area contributed by atoms with E-state index >= 15 is 0 Å². The quantitative estimate of drug-likeness (QED) is 0.0617. The zero-order valence-corrected chi connectivity index (χ0v) is 39.7. The van der Waals surface area contributed by atoms with E-state index in [0.717, 1.165) is 33.4 Å². The van der Waals surface area contributed by atoms with Crippen LogP contribution >= 0.6 is 0 Å². The Hall–Kier alpha value is -3.86. The van der Waals surface area contributed by atoms with Crippen LogP contribution in [-0.2, 0) is 18.9 Å². The summed E-state index contributed by atoms with van der Waals surface area (Å²) in [4.78, 5) is 0. The van der Waals surface area contributed by atoms with E-state index in [1.54, 1.807) is 65.8 Å². The van der Waals surface area contributed by atoms with Gasteiger partial charge in [0, 0.05) is 0 Å². The van der Waals surface area contributed by atoms with Gasteiger partial charge in [0.25, 0.3) is 0 Å². The smallest absolute Gasteiger partial charge is 0.187 e. The number of ether oxygens (including phenoxy) is 4. The van der Waals surface area contributed by atoms with Gasteiger partial charge in [0.05, 0.1) is 23.4 Å². The molecule has 0 aromatic rings. The van der Waals surface area contributed by atoms with Crippen LogP contribution in [0.3, 0.4) is 0 Å². The third kappa shape index (κ3) is 20.1. The van der Waals surface area contributed by atoms with Crippen molar-refractivity contribution in [2.24, 2.45) is 0 Å². The summed E-state index contributed by atoms with van der Waals surface area (Å²) in [6, 6.07) is 0. The van der Waals surface area contributed by atoms with Gasteiger partial charge in [-0.1, -0.05) is 155 Å². The zero-order chi connectivity index (χ0) is 48.4. The second-order valence-electron chi connectivity index (χ2n) is 17.8. The van der Waals surface area contributed by atoms with Crippen LogP contribution in [0, 0.1) is 0 Å². The van der Waals surface area contributed by atoms with Crippen LogP contribution in [0.5, 0.6) is 0 Å². The molecule has 12 nitrogen and oxygen atoms in total. The van der Waals surface area contributed by atoms with Crippen LogP contribution in [0.15, 0.2) is 155 Å². The first-order chi connectivity index (χ1) is 29.8. The molecule has 8 N–H and O–H groups in total. The Morgan fingerprint density at radius 2 is 0.656 bits per heavy atom. The monoisotopic (exact) mass is 893 g/mol. The predicted octanol–water partition coefficient (Wildman–Crippen LogP) is 6.52. The molecular weight excluding hydrogens is 817 g/mol. The molecule has 10 unspecified atom stereocenters. The third-order valence-electron chi connectivity index (χ3n) is 10.3. The normalized spacial score (nSPS) is 30.5. The van der Waals surface area contributed by atoms with Crippen molar-refractivity contribution < 1.29 is 59.8 Å². The molecule has 2 rings (SSSR count). The summed E-state index contributed by atoms with van der Waals surface area (Å²) in [6.45, 7) is 21.3. The lowest BCUT2D eigenvalue weighted by Crippen LogP contribution is -2.58. The van der Waals surface area contributed by atoms with Crippen LogP contribution in [-0.4, -0.2) is 126 Å². The highest BCUT2D eigenvalue weighted by atomic mass is 16.7. The van der Waals surface area contributed by atoms with Gasteiger partial charge >= 0.3 is 0 Å². The topological polar surface area (TPSA) is 199 Å². The molecule has 0 aliphatic carbocycles. The number of hydrogen-bond acceptors (Lipinski definition) is 12. The Labute approximate surface area is 381 Å². The minimum Gasteiger partial charge on any atom is -0.388 e. The Bertz CT molecular complexity index is 1740. The third-order valence-corrected chi connectivity index (χ3v) is 10.3. The summed E-state index contributed by atoms with van der Waals surface area (Å²) in [7, 11) is 0. The molecule has 0 spiro atoms. The molecule has 0 saturated carbocycles. The van der Waals surface area contributed by atoms with Gasteiger partial charge < -0.3 is 59.8 Å². The molecule has 64 heavy (non-hydrogen) atoms. The summed E-state index contributed by atoms with van der Waals surface area (Å²) in [5.74, 6) is 0. The average molecular weight is 893 g/mol. The molecular formula is C52H76O12. The Morgan fingerprint density at radius 3 is 0.922 bits per heavy atom. The number of hydrogen-bond donors (Lipinski definition) is 8. The second-order valence-corrected chi connectivity index (χ2v) is 17.8. The Kier molecular flexibility index (Phi) is 23.7. The first kappa shape index (κ1) is 56.3. The largest absolute Gasteiger partial charge is 0.388 e. The highest BCUT2D eigenvalue weighted by Gasteiger charge is 2.45. The molecule has 2 fully saturated rings. The van der Waals surface area contributed by atoms with E-state index in [-0.39, 0.29) is 0 Å². The molecule has 2 heterocycles. The number of rotatable bonds is 20. The van der Waals surface area contributed by atoms with Gasteiger partial charge in [-0.25, -0.2) is 0 Å². The van der Waals surface area contributed by atoms with Crippen LogP contribution < -0.4 is 0 Å². The predicted molar refractivity (Wildman–Crippen MR) is 254 cm³/mol.